The minimum atomic E-state index is -1.14. The molecule has 1 amide bonds. The van der Waals surface area contributed by atoms with Gasteiger partial charge in [-0.1, -0.05) is 12.1 Å². The van der Waals surface area contributed by atoms with Gasteiger partial charge in [-0.3, -0.25) is 9.48 Å². The van der Waals surface area contributed by atoms with Gasteiger partial charge in [0.25, 0.3) is 5.91 Å². The Morgan fingerprint density at radius 3 is 2.70 bits per heavy atom. The SMILES string of the molecule is O=C(NC1(C(=O)O)CCSC1)c1ccc(Cn2cccn2)cc1. The Bertz CT molecular complexity index is 692. The third kappa shape index (κ3) is 3.39. The van der Waals surface area contributed by atoms with Crippen LogP contribution >= 0.6 is 11.8 Å². The van der Waals surface area contributed by atoms with Crippen molar-refractivity contribution in [3.63, 3.8) is 0 Å². The highest BCUT2D eigenvalue weighted by Gasteiger charge is 2.43. The van der Waals surface area contributed by atoms with E-state index in [1.54, 1.807) is 34.8 Å². The molecule has 3 rings (SSSR count). The third-order valence-electron chi connectivity index (χ3n) is 3.90. The summed E-state index contributed by atoms with van der Waals surface area (Å²) in [6.45, 7) is 0.630. The van der Waals surface area contributed by atoms with Gasteiger partial charge < -0.3 is 10.4 Å². The molecule has 2 N–H and O–H groups in total. The van der Waals surface area contributed by atoms with E-state index in [0.717, 1.165) is 11.3 Å². The van der Waals surface area contributed by atoms with Crippen molar-refractivity contribution in [3.05, 3.63) is 53.9 Å². The predicted octanol–water partition coefficient (Wildman–Crippen LogP) is 1.62. The van der Waals surface area contributed by atoms with E-state index < -0.39 is 11.5 Å². The van der Waals surface area contributed by atoms with Crippen molar-refractivity contribution >= 4 is 23.6 Å². The van der Waals surface area contributed by atoms with E-state index >= 15 is 0 Å². The zero-order valence-corrected chi connectivity index (χ0v) is 13.3. The van der Waals surface area contributed by atoms with Gasteiger partial charge in [0.05, 0.1) is 6.54 Å². The number of hydrogen-bond acceptors (Lipinski definition) is 4. The second kappa shape index (κ2) is 6.45. The number of rotatable bonds is 5. The standard InChI is InChI=1S/C16H17N3O3S/c20-14(18-16(15(21)22)6-9-23-11-16)13-4-2-12(3-5-13)10-19-8-1-7-17-19/h1-5,7-8H,6,9-11H2,(H,18,20)(H,21,22). The highest BCUT2D eigenvalue weighted by Crippen LogP contribution is 2.28. The van der Waals surface area contributed by atoms with Gasteiger partial charge in [-0.2, -0.15) is 16.9 Å². The summed E-state index contributed by atoms with van der Waals surface area (Å²) >= 11 is 1.55. The molecule has 0 aliphatic carbocycles. The molecule has 1 aliphatic rings. The summed E-state index contributed by atoms with van der Waals surface area (Å²) in [7, 11) is 0. The summed E-state index contributed by atoms with van der Waals surface area (Å²) in [5.41, 5.74) is 0.344. The van der Waals surface area contributed by atoms with Crippen molar-refractivity contribution in [2.24, 2.45) is 0 Å². The summed E-state index contributed by atoms with van der Waals surface area (Å²) in [5, 5.41) is 16.2. The van der Waals surface area contributed by atoms with Crippen molar-refractivity contribution in [1.29, 1.82) is 0 Å². The fourth-order valence-electron chi connectivity index (χ4n) is 2.52. The molecule has 7 heteroatoms. The van der Waals surface area contributed by atoms with E-state index in [9.17, 15) is 14.7 Å². The first-order valence-corrected chi connectivity index (χ1v) is 8.45. The maximum absolute atomic E-state index is 12.3. The molecular weight excluding hydrogens is 314 g/mol. The Kier molecular flexibility index (Phi) is 4.38. The van der Waals surface area contributed by atoms with Crippen LogP contribution < -0.4 is 5.32 Å². The maximum atomic E-state index is 12.3. The molecular formula is C16H17N3O3S. The van der Waals surface area contributed by atoms with Gasteiger partial charge in [-0.25, -0.2) is 4.79 Å². The lowest BCUT2D eigenvalue weighted by molar-refractivity contribution is -0.143. The van der Waals surface area contributed by atoms with E-state index in [2.05, 4.69) is 10.4 Å². The Hall–Kier alpha value is -2.28. The van der Waals surface area contributed by atoms with E-state index in [1.807, 2.05) is 24.4 Å². The number of nitrogens with one attached hydrogen (secondary N) is 1. The van der Waals surface area contributed by atoms with Gasteiger partial charge in [-0.05, 0) is 35.9 Å². The Morgan fingerprint density at radius 2 is 2.13 bits per heavy atom. The number of aromatic nitrogens is 2. The Morgan fingerprint density at radius 1 is 1.35 bits per heavy atom. The lowest BCUT2D eigenvalue weighted by atomic mass is 9.98. The lowest BCUT2D eigenvalue weighted by Crippen LogP contribution is -2.54. The average molecular weight is 331 g/mol. The van der Waals surface area contributed by atoms with Crippen LogP contribution in [0.1, 0.15) is 22.3 Å². The Labute approximate surface area is 137 Å². The lowest BCUT2D eigenvalue weighted by Gasteiger charge is -2.24. The van der Waals surface area contributed by atoms with E-state index in [1.165, 1.54) is 0 Å². The second-order valence-electron chi connectivity index (χ2n) is 5.54. The number of carboxylic acid groups (broad SMARTS) is 1. The largest absolute Gasteiger partial charge is 0.479 e. The fraction of sp³-hybridized carbons (Fsp3) is 0.312. The predicted molar refractivity (Wildman–Crippen MR) is 87.5 cm³/mol. The van der Waals surface area contributed by atoms with Crippen LogP contribution in [0.3, 0.4) is 0 Å². The zero-order chi connectivity index (χ0) is 16.3. The monoisotopic (exact) mass is 331 g/mol. The molecule has 120 valence electrons. The number of aliphatic carboxylic acids is 1. The number of hydrogen-bond donors (Lipinski definition) is 2. The first-order chi connectivity index (χ1) is 11.1. The smallest absolute Gasteiger partial charge is 0.330 e. The van der Waals surface area contributed by atoms with Crippen LogP contribution in [0.5, 0.6) is 0 Å². The van der Waals surface area contributed by atoms with Gasteiger partial charge in [0.1, 0.15) is 5.54 Å². The molecule has 1 aromatic carbocycles. The molecule has 1 aromatic heterocycles. The zero-order valence-electron chi connectivity index (χ0n) is 12.4. The van der Waals surface area contributed by atoms with E-state index in [4.69, 9.17) is 0 Å². The summed E-state index contributed by atoms with van der Waals surface area (Å²) in [5.74, 6) is -0.160. The average Bonchev–Trinajstić information content (AvgIpc) is 3.20. The van der Waals surface area contributed by atoms with Crippen LogP contribution in [0, 0.1) is 0 Å². The molecule has 23 heavy (non-hydrogen) atoms. The van der Waals surface area contributed by atoms with Crippen molar-refractivity contribution in [1.82, 2.24) is 15.1 Å². The molecule has 6 nitrogen and oxygen atoms in total. The van der Waals surface area contributed by atoms with E-state index in [0.29, 0.717) is 24.3 Å². The van der Waals surface area contributed by atoms with Crippen LogP contribution in [0.2, 0.25) is 0 Å². The number of carbonyl (C=O) groups is 2. The maximum Gasteiger partial charge on any atom is 0.330 e. The molecule has 1 aliphatic heterocycles. The van der Waals surface area contributed by atoms with Gasteiger partial charge in [-0.15, -0.1) is 0 Å². The van der Waals surface area contributed by atoms with Gasteiger partial charge in [0.15, 0.2) is 0 Å². The highest BCUT2D eigenvalue weighted by molar-refractivity contribution is 7.99. The van der Waals surface area contributed by atoms with Crippen LogP contribution in [0.25, 0.3) is 0 Å². The van der Waals surface area contributed by atoms with Crippen LogP contribution in [0.15, 0.2) is 42.7 Å². The number of amides is 1. The number of nitrogens with zero attached hydrogens (tertiary/aromatic N) is 2. The quantitative estimate of drug-likeness (QED) is 0.870. The van der Waals surface area contributed by atoms with Crippen LogP contribution in [0.4, 0.5) is 0 Å². The summed E-state index contributed by atoms with van der Waals surface area (Å²) in [6, 6.07) is 8.99. The highest BCUT2D eigenvalue weighted by atomic mass is 32.2. The van der Waals surface area contributed by atoms with E-state index in [-0.39, 0.29) is 5.91 Å². The molecule has 1 unspecified atom stereocenters. The summed E-state index contributed by atoms with van der Waals surface area (Å²) in [6.07, 6.45) is 4.04. The molecule has 0 spiro atoms. The minimum Gasteiger partial charge on any atom is -0.479 e. The topological polar surface area (TPSA) is 84.2 Å². The molecule has 0 saturated carbocycles. The normalized spacial score (nSPS) is 20.3. The van der Waals surface area contributed by atoms with Crippen LogP contribution in [-0.4, -0.2) is 43.8 Å². The number of carboxylic acids is 1. The van der Waals surface area contributed by atoms with Crippen molar-refractivity contribution in [2.75, 3.05) is 11.5 Å². The van der Waals surface area contributed by atoms with Crippen molar-refractivity contribution < 1.29 is 14.7 Å². The number of carbonyl (C=O) groups excluding carboxylic acids is 1. The molecule has 1 atom stereocenters. The van der Waals surface area contributed by atoms with Crippen LogP contribution in [-0.2, 0) is 11.3 Å². The Balaban J connectivity index is 1.69. The molecule has 0 bridgehead atoms. The molecule has 1 fully saturated rings. The summed E-state index contributed by atoms with van der Waals surface area (Å²) < 4.78 is 1.80. The second-order valence-corrected chi connectivity index (χ2v) is 6.65. The molecule has 1 saturated heterocycles. The number of thioether (sulfide) groups is 1. The van der Waals surface area contributed by atoms with Gasteiger partial charge in [0, 0.05) is 23.7 Å². The first-order valence-electron chi connectivity index (χ1n) is 7.29. The third-order valence-corrected chi connectivity index (χ3v) is 5.09. The first kappa shape index (κ1) is 15.6. The molecule has 2 aromatic rings. The van der Waals surface area contributed by atoms with Gasteiger partial charge >= 0.3 is 5.97 Å². The van der Waals surface area contributed by atoms with Gasteiger partial charge in [0.2, 0.25) is 0 Å². The molecule has 2 heterocycles. The summed E-state index contributed by atoms with van der Waals surface area (Å²) in [4.78, 5) is 23.8. The number of benzene rings is 1. The van der Waals surface area contributed by atoms with Crippen molar-refractivity contribution in [3.8, 4) is 0 Å². The fourth-order valence-corrected chi connectivity index (χ4v) is 3.84. The minimum absolute atomic E-state index is 0.347. The molecule has 0 radical (unpaired) electrons. The van der Waals surface area contributed by atoms with Crippen molar-refractivity contribution in [2.45, 2.75) is 18.5 Å².